The summed E-state index contributed by atoms with van der Waals surface area (Å²) in [5.74, 6) is 0.258. The number of aliphatic hydroxyl groups excluding tert-OH is 1. The van der Waals surface area contributed by atoms with E-state index in [1.807, 2.05) is 17.5 Å². The van der Waals surface area contributed by atoms with Gasteiger partial charge in [0.05, 0.1) is 6.10 Å². The molecule has 0 aliphatic carbocycles. The number of hydrogen-bond acceptors (Lipinski definition) is 6. The first-order valence-electron chi connectivity index (χ1n) is 6.06. The molecule has 0 aromatic carbocycles. The van der Waals surface area contributed by atoms with Crippen LogP contribution >= 0.6 is 11.3 Å². The minimum absolute atomic E-state index is 0.0723. The fraction of sp³-hybridized carbons (Fsp3) is 0.417. The highest BCUT2D eigenvalue weighted by Crippen LogP contribution is 2.22. The number of nitrogens with zero attached hydrogens (tertiary/aromatic N) is 1. The molecule has 0 spiro atoms. The third-order valence-corrected chi connectivity index (χ3v) is 5.50. The molecule has 2 N–H and O–H groups in total. The highest BCUT2D eigenvalue weighted by molar-refractivity contribution is 7.89. The van der Waals surface area contributed by atoms with E-state index >= 15 is 0 Å². The predicted molar refractivity (Wildman–Crippen MR) is 75.1 cm³/mol. The molecule has 0 aliphatic rings. The highest BCUT2D eigenvalue weighted by Gasteiger charge is 2.24. The Labute approximate surface area is 121 Å². The molecule has 1 atom stereocenters. The lowest BCUT2D eigenvalue weighted by atomic mass is 10.2. The fourth-order valence-corrected chi connectivity index (χ4v) is 4.00. The molecule has 2 heterocycles. The molecule has 6 nitrogen and oxygen atoms in total. The van der Waals surface area contributed by atoms with Crippen molar-refractivity contribution in [1.82, 2.24) is 9.88 Å². The number of aryl methyl sites for hydroxylation is 2. The lowest BCUT2D eigenvalue weighted by Gasteiger charge is -2.09. The fourth-order valence-electron chi connectivity index (χ4n) is 1.88. The summed E-state index contributed by atoms with van der Waals surface area (Å²) >= 11 is 1.44. The standard InChI is InChI=1S/C12H16N2O4S2/c1-8-12(9(2)18-14-8)20(16,17)13-6-5-10(15)11-4-3-7-19-11/h3-4,7,10,13,15H,5-6H2,1-2H3. The van der Waals surface area contributed by atoms with E-state index in [4.69, 9.17) is 4.52 Å². The maximum absolute atomic E-state index is 12.1. The summed E-state index contributed by atoms with van der Waals surface area (Å²) in [6, 6.07) is 3.66. The average Bonchev–Trinajstić information content (AvgIpc) is 2.99. The summed E-state index contributed by atoms with van der Waals surface area (Å²) in [5.41, 5.74) is 0.328. The molecular weight excluding hydrogens is 300 g/mol. The van der Waals surface area contributed by atoms with Gasteiger partial charge in [0.25, 0.3) is 0 Å². The lowest BCUT2D eigenvalue weighted by Crippen LogP contribution is -2.26. The number of aromatic nitrogens is 1. The monoisotopic (exact) mass is 316 g/mol. The van der Waals surface area contributed by atoms with Gasteiger partial charge in [-0.1, -0.05) is 11.2 Å². The van der Waals surface area contributed by atoms with Gasteiger partial charge in [-0.05, 0) is 31.7 Å². The summed E-state index contributed by atoms with van der Waals surface area (Å²) in [7, 11) is -3.66. The van der Waals surface area contributed by atoms with Crippen molar-refractivity contribution in [1.29, 1.82) is 0 Å². The van der Waals surface area contributed by atoms with E-state index < -0.39 is 16.1 Å². The molecule has 1 unspecified atom stereocenters. The Balaban J connectivity index is 1.97. The number of rotatable bonds is 6. The number of hydrogen-bond donors (Lipinski definition) is 2. The van der Waals surface area contributed by atoms with E-state index in [-0.39, 0.29) is 17.2 Å². The lowest BCUT2D eigenvalue weighted by molar-refractivity contribution is 0.173. The van der Waals surface area contributed by atoms with Crippen molar-refractivity contribution in [2.75, 3.05) is 6.54 Å². The summed E-state index contributed by atoms with van der Waals surface area (Å²) in [6.07, 6.45) is -0.356. The van der Waals surface area contributed by atoms with E-state index in [0.717, 1.165) is 4.88 Å². The van der Waals surface area contributed by atoms with Crippen LogP contribution < -0.4 is 4.72 Å². The van der Waals surface area contributed by atoms with Gasteiger partial charge >= 0.3 is 0 Å². The van der Waals surface area contributed by atoms with Gasteiger partial charge in [0.15, 0.2) is 5.76 Å². The molecule has 0 saturated carbocycles. The molecule has 2 rings (SSSR count). The van der Waals surface area contributed by atoms with Crippen LogP contribution in [-0.4, -0.2) is 25.2 Å². The molecule has 0 bridgehead atoms. The Kier molecular flexibility index (Phi) is 4.59. The Morgan fingerprint density at radius 1 is 1.50 bits per heavy atom. The molecule has 110 valence electrons. The first kappa shape index (κ1) is 15.2. The smallest absolute Gasteiger partial charge is 0.245 e. The van der Waals surface area contributed by atoms with Crippen molar-refractivity contribution < 1.29 is 18.0 Å². The van der Waals surface area contributed by atoms with E-state index in [9.17, 15) is 13.5 Å². The molecule has 0 amide bonds. The highest BCUT2D eigenvalue weighted by atomic mass is 32.2. The van der Waals surface area contributed by atoms with E-state index in [1.54, 1.807) is 13.8 Å². The van der Waals surface area contributed by atoms with Crippen LogP contribution in [0.2, 0.25) is 0 Å². The van der Waals surface area contributed by atoms with Gasteiger partial charge in [-0.2, -0.15) is 0 Å². The van der Waals surface area contributed by atoms with Gasteiger partial charge < -0.3 is 9.63 Å². The van der Waals surface area contributed by atoms with Crippen LogP contribution in [0.25, 0.3) is 0 Å². The first-order valence-corrected chi connectivity index (χ1v) is 8.42. The molecule has 20 heavy (non-hydrogen) atoms. The van der Waals surface area contributed by atoms with Crippen LogP contribution in [0.1, 0.15) is 28.9 Å². The van der Waals surface area contributed by atoms with Crippen LogP contribution in [0.15, 0.2) is 26.9 Å². The molecule has 2 aromatic heterocycles. The minimum atomic E-state index is -3.66. The maximum atomic E-state index is 12.1. The van der Waals surface area contributed by atoms with Gasteiger partial charge in [0, 0.05) is 11.4 Å². The summed E-state index contributed by atoms with van der Waals surface area (Å²) in [4.78, 5) is 0.893. The van der Waals surface area contributed by atoms with Crippen molar-refractivity contribution in [3.63, 3.8) is 0 Å². The third kappa shape index (κ3) is 3.26. The molecule has 0 aliphatic heterocycles. The Morgan fingerprint density at radius 2 is 2.25 bits per heavy atom. The van der Waals surface area contributed by atoms with Gasteiger partial charge in [0.1, 0.15) is 10.6 Å². The van der Waals surface area contributed by atoms with Crippen molar-refractivity contribution in [2.45, 2.75) is 31.3 Å². The summed E-state index contributed by atoms with van der Waals surface area (Å²) < 4.78 is 31.5. The molecule has 2 aromatic rings. The molecule has 0 radical (unpaired) electrons. The second-order valence-corrected chi connectivity index (χ2v) is 7.05. The van der Waals surface area contributed by atoms with Crippen LogP contribution in [0.5, 0.6) is 0 Å². The van der Waals surface area contributed by atoms with Gasteiger partial charge in [-0.3, -0.25) is 0 Å². The van der Waals surface area contributed by atoms with Gasteiger partial charge in [0.2, 0.25) is 10.0 Å². The SMILES string of the molecule is Cc1noc(C)c1S(=O)(=O)NCCC(O)c1cccs1. The van der Waals surface area contributed by atoms with Crippen molar-refractivity contribution >= 4 is 21.4 Å². The zero-order valence-corrected chi connectivity index (χ0v) is 12.8. The van der Waals surface area contributed by atoms with E-state index in [2.05, 4.69) is 9.88 Å². The van der Waals surface area contributed by atoms with Gasteiger partial charge in [-0.25, -0.2) is 13.1 Å². The Morgan fingerprint density at radius 3 is 2.80 bits per heavy atom. The average molecular weight is 316 g/mol. The number of nitrogens with one attached hydrogen (secondary N) is 1. The Bertz CT molecular complexity index is 642. The maximum Gasteiger partial charge on any atom is 0.245 e. The van der Waals surface area contributed by atoms with E-state index in [1.165, 1.54) is 11.3 Å². The first-order chi connectivity index (χ1) is 9.42. The summed E-state index contributed by atoms with van der Waals surface area (Å²) in [5, 5.41) is 15.4. The zero-order valence-electron chi connectivity index (χ0n) is 11.2. The quantitative estimate of drug-likeness (QED) is 0.847. The number of aliphatic hydroxyl groups is 1. The second kappa shape index (κ2) is 6.04. The molecular formula is C12H16N2O4S2. The van der Waals surface area contributed by atoms with Gasteiger partial charge in [-0.15, -0.1) is 11.3 Å². The van der Waals surface area contributed by atoms with Crippen LogP contribution in [-0.2, 0) is 10.0 Å². The largest absolute Gasteiger partial charge is 0.388 e. The predicted octanol–water partition coefficient (Wildman–Crippen LogP) is 1.75. The van der Waals surface area contributed by atoms with Crippen LogP contribution in [0, 0.1) is 13.8 Å². The third-order valence-electron chi connectivity index (χ3n) is 2.82. The zero-order chi connectivity index (χ0) is 14.8. The number of sulfonamides is 1. The van der Waals surface area contributed by atoms with E-state index in [0.29, 0.717) is 12.1 Å². The minimum Gasteiger partial charge on any atom is -0.388 e. The van der Waals surface area contributed by atoms with Crippen LogP contribution in [0.3, 0.4) is 0 Å². The second-order valence-electron chi connectivity index (χ2n) is 4.37. The van der Waals surface area contributed by atoms with Crippen LogP contribution in [0.4, 0.5) is 0 Å². The Hall–Kier alpha value is -1.22. The molecule has 0 fully saturated rings. The topological polar surface area (TPSA) is 92.4 Å². The number of thiophene rings is 1. The normalized spacial score (nSPS) is 13.6. The summed E-state index contributed by atoms with van der Waals surface area (Å²) in [6.45, 7) is 3.27. The van der Waals surface area contributed by atoms with Crippen molar-refractivity contribution in [3.8, 4) is 0 Å². The van der Waals surface area contributed by atoms with Crippen molar-refractivity contribution in [3.05, 3.63) is 33.8 Å². The molecule has 8 heteroatoms. The van der Waals surface area contributed by atoms with Crippen molar-refractivity contribution in [2.24, 2.45) is 0 Å². The molecule has 0 saturated heterocycles.